The largest absolute Gasteiger partial charge is 0.488 e. The van der Waals surface area contributed by atoms with Crippen molar-refractivity contribution in [1.82, 2.24) is 4.90 Å². The summed E-state index contributed by atoms with van der Waals surface area (Å²) in [6.45, 7) is 1.67. The first-order valence-corrected chi connectivity index (χ1v) is 9.94. The molecule has 0 aliphatic carbocycles. The Morgan fingerprint density at radius 1 is 1.24 bits per heavy atom. The van der Waals surface area contributed by atoms with E-state index >= 15 is 0 Å². The minimum Gasteiger partial charge on any atom is -0.488 e. The molecule has 0 aromatic heterocycles. The lowest BCUT2D eigenvalue weighted by molar-refractivity contribution is -0.122. The van der Waals surface area contributed by atoms with Gasteiger partial charge in [0.2, 0.25) is 5.91 Å². The molecule has 1 unspecified atom stereocenters. The van der Waals surface area contributed by atoms with Crippen molar-refractivity contribution in [3.63, 3.8) is 0 Å². The van der Waals surface area contributed by atoms with E-state index in [1.54, 1.807) is 24.3 Å². The Morgan fingerprint density at radius 3 is 2.93 bits per heavy atom. The number of carbonyl (C=O) groups is 2. The second-order valence-corrected chi connectivity index (χ2v) is 7.76. The highest BCUT2D eigenvalue weighted by molar-refractivity contribution is 6.30. The van der Waals surface area contributed by atoms with Crippen LogP contribution in [0, 0.1) is 0 Å². The number of nitrogens with zero attached hydrogens (tertiary/aromatic N) is 1. The van der Waals surface area contributed by atoms with Crippen molar-refractivity contribution in [3.8, 4) is 5.75 Å². The third kappa shape index (κ3) is 4.44. The van der Waals surface area contributed by atoms with Crippen LogP contribution in [0.4, 0.5) is 5.69 Å². The Hall–Kier alpha value is -2.83. The topological polar surface area (TPSA) is 84.7 Å². The van der Waals surface area contributed by atoms with Crippen molar-refractivity contribution in [3.05, 3.63) is 64.2 Å². The molecule has 0 bridgehead atoms. The number of anilines is 1. The van der Waals surface area contributed by atoms with Crippen LogP contribution in [0.25, 0.3) is 6.08 Å². The number of amides is 2. The molecular weight excluding hydrogens is 390 g/mol. The normalized spacial score (nSPS) is 18.5. The summed E-state index contributed by atoms with van der Waals surface area (Å²) >= 11 is 6.03. The molecule has 0 spiro atoms. The van der Waals surface area contributed by atoms with E-state index < -0.39 is 0 Å². The molecule has 2 aliphatic heterocycles. The van der Waals surface area contributed by atoms with E-state index in [-0.39, 0.29) is 24.5 Å². The van der Waals surface area contributed by atoms with E-state index in [4.69, 9.17) is 22.1 Å². The molecule has 4 rings (SSSR count). The SMILES string of the molecule is NC(=O)C1CCCN1Cc1cccc(NC(=O)C2=Cc3cc(Cl)ccc3OC2)c1. The predicted octanol–water partition coefficient (Wildman–Crippen LogP) is 3.20. The van der Waals surface area contributed by atoms with Gasteiger partial charge in [-0.25, -0.2) is 0 Å². The summed E-state index contributed by atoms with van der Waals surface area (Å²) < 4.78 is 5.66. The number of halogens is 1. The van der Waals surface area contributed by atoms with Crippen LogP contribution in [-0.2, 0) is 16.1 Å². The third-order valence-electron chi connectivity index (χ3n) is 5.24. The summed E-state index contributed by atoms with van der Waals surface area (Å²) in [7, 11) is 0. The molecule has 2 aromatic rings. The van der Waals surface area contributed by atoms with Gasteiger partial charge in [0.05, 0.1) is 11.6 Å². The van der Waals surface area contributed by atoms with Crippen LogP contribution in [-0.4, -0.2) is 35.9 Å². The van der Waals surface area contributed by atoms with Crippen molar-refractivity contribution >= 4 is 35.2 Å². The summed E-state index contributed by atoms with van der Waals surface area (Å²) in [5.74, 6) is 0.211. The van der Waals surface area contributed by atoms with E-state index in [0.29, 0.717) is 28.6 Å². The molecule has 2 aromatic carbocycles. The van der Waals surface area contributed by atoms with Gasteiger partial charge in [0.25, 0.3) is 5.91 Å². The maximum atomic E-state index is 12.7. The first kappa shape index (κ1) is 19.5. The highest BCUT2D eigenvalue weighted by Gasteiger charge is 2.28. The molecule has 1 atom stereocenters. The molecule has 1 saturated heterocycles. The smallest absolute Gasteiger partial charge is 0.255 e. The van der Waals surface area contributed by atoms with Gasteiger partial charge in [0, 0.05) is 22.8 Å². The molecule has 150 valence electrons. The summed E-state index contributed by atoms with van der Waals surface area (Å²) in [6, 6.07) is 12.7. The van der Waals surface area contributed by atoms with Gasteiger partial charge in [0.1, 0.15) is 12.4 Å². The van der Waals surface area contributed by atoms with Crippen LogP contribution in [0.1, 0.15) is 24.0 Å². The van der Waals surface area contributed by atoms with E-state index in [0.717, 1.165) is 30.5 Å². The van der Waals surface area contributed by atoms with Crippen LogP contribution < -0.4 is 15.8 Å². The average Bonchev–Trinajstić information content (AvgIpc) is 3.16. The Morgan fingerprint density at radius 2 is 2.10 bits per heavy atom. The van der Waals surface area contributed by atoms with E-state index in [1.807, 2.05) is 24.3 Å². The fraction of sp³-hybridized carbons (Fsp3) is 0.273. The molecule has 0 radical (unpaired) electrons. The number of primary amides is 1. The molecule has 6 nitrogen and oxygen atoms in total. The van der Waals surface area contributed by atoms with Crippen molar-refractivity contribution in [2.45, 2.75) is 25.4 Å². The number of likely N-dealkylation sites (tertiary alicyclic amines) is 1. The second kappa shape index (κ2) is 8.27. The average molecular weight is 412 g/mol. The molecule has 2 amide bonds. The number of carbonyl (C=O) groups excluding carboxylic acids is 2. The molecule has 0 saturated carbocycles. The molecule has 3 N–H and O–H groups in total. The summed E-state index contributed by atoms with van der Waals surface area (Å²) in [5, 5.41) is 3.52. The van der Waals surface area contributed by atoms with Crippen LogP contribution in [0.2, 0.25) is 5.02 Å². The Bertz CT molecular complexity index is 989. The third-order valence-corrected chi connectivity index (χ3v) is 5.47. The number of fused-ring (bicyclic) bond motifs is 1. The monoisotopic (exact) mass is 411 g/mol. The lowest BCUT2D eigenvalue weighted by Gasteiger charge is -2.22. The number of hydrogen-bond donors (Lipinski definition) is 2. The van der Waals surface area contributed by atoms with Gasteiger partial charge in [-0.3, -0.25) is 14.5 Å². The van der Waals surface area contributed by atoms with Gasteiger partial charge in [-0.05, 0) is 61.4 Å². The zero-order chi connectivity index (χ0) is 20.4. The van der Waals surface area contributed by atoms with Crippen molar-refractivity contribution in [1.29, 1.82) is 0 Å². The lowest BCUT2D eigenvalue weighted by atomic mass is 10.1. The van der Waals surface area contributed by atoms with Gasteiger partial charge >= 0.3 is 0 Å². The second-order valence-electron chi connectivity index (χ2n) is 7.33. The first-order chi connectivity index (χ1) is 14.0. The Balaban J connectivity index is 1.45. The van der Waals surface area contributed by atoms with Gasteiger partial charge in [0.15, 0.2) is 0 Å². The van der Waals surface area contributed by atoms with Gasteiger partial charge in [-0.2, -0.15) is 0 Å². The van der Waals surface area contributed by atoms with Gasteiger partial charge in [-0.15, -0.1) is 0 Å². The van der Waals surface area contributed by atoms with E-state index in [9.17, 15) is 9.59 Å². The molecule has 2 heterocycles. The minimum atomic E-state index is -0.281. The number of hydrogen-bond acceptors (Lipinski definition) is 4. The van der Waals surface area contributed by atoms with E-state index in [1.165, 1.54) is 0 Å². The lowest BCUT2D eigenvalue weighted by Crippen LogP contribution is -2.39. The summed E-state index contributed by atoms with van der Waals surface area (Å²) in [5.41, 5.74) is 8.52. The molecular formula is C22H22ClN3O3. The van der Waals surface area contributed by atoms with Crippen molar-refractivity contribution < 1.29 is 14.3 Å². The summed E-state index contributed by atoms with van der Waals surface area (Å²) in [4.78, 5) is 26.4. The number of nitrogens with one attached hydrogen (secondary N) is 1. The summed E-state index contributed by atoms with van der Waals surface area (Å²) in [6.07, 6.45) is 3.56. The molecule has 1 fully saturated rings. The van der Waals surface area contributed by atoms with Gasteiger partial charge < -0.3 is 15.8 Å². The highest BCUT2D eigenvalue weighted by Crippen LogP contribution is 2.29. The van der Waals surface area contributed by atoms with Crippen molar-refractivity contribution in [2.24, 2.45) is 5.73 Å². The fourth-order valence-corrected chi connectivity index (χ4v) is 3.99. The molecule has 2 aliphatic rings. The van der Waals surface area contributed by atoms with Gasteiger partial charge in [-0.1, -0.05) is 23.7 Å². The number of ether oxygens (including phenoxy) is 1. The predicted molar refractivity (Wildman–Crippen MR) is 113 cm³/mol. The minimum absolute atomic E-state index is 0.203. The number of nitrogens with two attached hydrogens (primary N) is 1. The van der Waals surface area contributed by atoms with Crippen LogP contribution in [0.5, 0.6) is 5.75 Å². The Kier molecular flexibility index (Phi) is 5.56. The maximum Gasteiger partial charge on any atom is 0.255 e. The number of benzene rings is 2. The Labute approximate surface area is 174 Å². The van der Waals surface area contributed by atoms with Crippen LogP contribution in [0.3, 0.4) is 0 Å². The van der Waals surface area contributed by atoms with Crippen LogP contribution >= 0.6 is 11.6 Å². The number of rotatable bonds is 5. The molecule has 29 heavy (non-hydrogen) atoms. The maximum absolute atomic E-state index is 12.7. The van der Waals surface area contributed by atoms with E-state index in [2.05, 4.69) is 10.2 Å². The zero-order valence-corrected chi connectivity index (χ0v) is 16.6. The van der Waals surface area contributed by atoms with Crippen molar-refractivity contribution in [2.75, 3.05) is 18.5 Å². The zero-order valence-electron chi connectivity index (χ0n) is 15.9. The standard InChI is InChI=1S/C22H22ClN3O3/c23-17-6-7-20-15(11-17)10-16(13-29-20)22(28)25-18-4-1-3-14(9-18)12-26-8-2-5-19(26)21(24)27/h1,3-4,6-7,9-11,19H,2,5,8,12-13H2,(H2,24,27)(H,25,28). The van der Waals surface area contributed by atoms with Crippen LogP contribution in [0.15, 0.2) is 48.0 Å². The molecule has 7 heteroatoms. The quantitative estimate of drug-likeness (QED) is 0.791. The first-order valence-electron chi connectivity index (χ1n) is 9.56. The fourth-order valence-electron chi connectivity index (χ4n) is 3.81. The highest BCUT2D eigenvalue weighted by atomic mass is 35.5.